The maximum atomic E-state index is 12.7. The normalized spacial score (nSPS) is 15.6. The standard InChI is InChI=1S/C23H32N4O4/c1-23(2,3)31-22(30)25-16-9-11-26(12-10-16)13-14-27-19-8-6-5-7-17(19)18(15-20(27)28)21(29)24-4/h5-8,15-16H,9-14H2,1-4H3,(H,24,29)(H,25,30). The molecular weight excluding hydrogens is 396 g/mol. The van der Waals surface area contributed by atoms with Crippen molar-refractivity contribution in [2.45, 2.75) is 51.8 Å². The highest BCUT2D eigenvalue weighted by molar-refractivity contribution is 6.05. The van der Waals surface area contributed by atoms with Gasteiger partial charge in [-0.2, -0.15) is 0 Å². The number of amides is 2. The minimum absolute atomic E-state index is 0.0986. The van der Waals surface area contributed by atoms with Crippen molar-refractivity contribution in [1.82, 2.24) is 20.1 Å². The molecule has 1 aliphatic rings. The van der Waals surface area contributed by atoms with Gasteiger partial charge in [0, 0.05) is 50.7 Å². The number of alkyl carbamates (subject to hydrolysis) is 1. The molecule has 168 valence electrons. The summed E-state index contributed by atoms with van der Waals surface area (Å²) < 4.78 is 7.06. The van der Waals surface area contributed by atoms with E-state index in [-0.39, 0.29) is 23.6 Å². The highest BCUT2D eigenvalue weighted by atomic mass is 16.6. The van der Waals surface area contributed by atoms with Gasteiger partial charge in [0.15, 0.2) is 0 Å². The summed E-state index contributed by atoms with van der Waals surface area (Å²) in [6.45, 7) is 8.49. The lowest BCUT2D eigenvalue weighted by Crippen LogP contribution is -2.46. The van der Waals surface area contributed by atoms with E-state index in [1.807, 2.05) is 45.0 Å². The van der Waals surface area contributed by atoms with Crippen LogP contribution in [-0.2, 0) is 11.3 Å². The van der Waals surface area contributed by atoms with Crippen molar-refractivity contribution in [3.63, 3.8) is 0 Å². The van der Waals surface area contributed by atoms with Crippen molar-refractivity contribution in [1.29, 1.82) is 0 Å². The van der Waals surface area contributed by atoms with Gasteiger partial charge in [-0.3, -0.25) is 9.59 Å². The number of nitrogens with zero attached hydrogens (tertiary/aromatic N) is 2. The lowest BCUT2D eigenvalue weighted by atomic mass is 10.1. The number of likely N-dealkylation sites (tertiary alicyclic amines) is 1. The number of benzene rings is 1. The lowest BCUT2D eigenvalue weighted by Gasteiger charge is -2.33. The molecule has 1 fully saturated rings. The van der Waals surface area contributed by atoms with E-state index in [1.54, 1.807) is 11.6 Å². The van der Waals surface area contributed by atoms with Crippen LogP contribution < -0.4 is 16.2 Å². The second kappa shape index (κ2) is 9.51. The van der Waals surface area contributed by atoms with E-state index < -0.39 is 5.60 Å². The number of hydrogen-bond donors (Lipinski definition) is 2. The Balaban J connectivity index is 1.62. The predicted molar refractivity (Wildman–Crippen MR) is 120 cm³/mol. The molecule has 0 atom stereocenters. The molecule has 0 bridgehead atoms. The molecule has 0 unspecified atom stereocenters. The van der Waals surface area contributed by atoms with Gasteiger partial charge in [-0.1, -0.05) is 18.2 Å². The fourth-order valence-corrected chi connectivity index (χ4v) is 3.90. The van der Waals surface area contributed by atoms with Gasteiger partial charge < -0.3 is 24.8 Å². The molecule has 0 saturated carbocycles. The Labute approximate surface area is 182 Å². The first-order valence-electron chi connectivity index (χ1n) is 10.7. The summed E-state index contributed by atoms with van der Waals surface area (Å²) in [6.07, 6.45) is 1.30. The van der Waals surface area contributed by atoms with E-state index >= 15 is 0 Å². The average Bonchev–Trinajstić information content (AvgIpc) is 2.71. The van der Waals surface area contributed by atoms with Gasteiger partial charge in [0.1, 0.15) is 5.60 Å². The van der Waals surface area contributed by atoms with Gasteiger partial charge in [-0.25, -0.2) is 4.79 Å². The van der Waals surface area contributed by atoms with Crippen LogP contribution in [0.1, 0.15) is 44.0 Å². The van der Waals surface area contributed by atoms with Crippen molar-refractivity contribution in [3.8, 4) is 0 Å². The summed E-state index contributed by atoms with van der Waals surface area (Å²) in [5.74, 6) is -0.264. The van der Waals surface area contributed by atoms with E-state index in [9.17, 15) is 14.4 Å². The van der Waals surface area contributed by atoms with Crippen LogP contribution in [-0.4, -0.2) is 59.8 Å². The van der Waals surface area contributed by atoms with E-state index in [1.165, 1.54) is 6.07 Å². The molecule has 0 spiro atoms. The highest BCUT2D eigenvalue weighted by Crippen LogP contribution is 2.18. The zero-order valence-corrected chi connectivity index (χ0v) is 18.7. The van der Waals surface area contributed by atoms with Gasteiger partial charge in [0.2, 0.25) is 0 Å². The fraction of sp³-hybridized carbons (Fsp3) is 0.522. The molecule has 31 heavy (non-hydrogen) atoms. The van der Waals surface area contributed by atoms with Gasteiger partial charge in [-0.15, -0.1) is 0 Å². The first-order chi connectivity index (χ1) is 14.7. The van der Waals surface area contributed by atoms with Gasteiger partial charge in [0.25, 0.3) is 11.5 Å². The molecule has 2 amide bonds. The third-order valence-electron chi connectivity index (χ3n) is 5.44. The van der Waals surface area contributed by atoms with Gasteiger partial charge >= 0.3 is 6.09 Å². The quantitative estimate of drug-likeness (QED) is 0.763. The van der Waals surface area contributed by atoms with Crippen LogP contribution in [0.4, 0.5) is 4.79 Å². The summed E-state index contributed by atoms with van der Waals surface area (Å²) in [5, 5.41) is 6.31. The Morgan fingerprint density at radius 3 is 2.45 bits per heavy atom. The Morgan fingerprint density at radius 1 is 1.13 bits per heavy atom. The minimum atomic E-state index is -0.506. The summed E-state index contributed by atoms with van der Waals surface area (Å²) in [6, 6.07) is 9.00. The van der Waals surface area contributed by atoms with Gasteiger partial charge in [0.05, 0.1) is 11.1 Å². The van der Waals surface area contributed by atoms with E-state index in [0.29, 0.717) is 12.1 Å². The summed E-state index contributed by atoms with van der Waals surface area (Å²) >= 11 is 0. The number of pyridine rings is 1. The van der Waals surface area contributed by atoms with Crippen molar-refractivity contribution in [2.75, 3.05) is 26.7 Å². The number of para-hydroxylation sites is 1. The van der Waals surface area contributed by atoms with Crippen molar-refractivity contribution >= 4 is 22.9 Å². The van der Waals surface area contributed by atoms with Crippen LogP contribution in [0, 0.1) is 0 Å². The fourth-order valence-electron chi connectivity index (χ4n) is 3.90. The smallest absolute Gasteiger partial charge is 0.407 e. The Morgan fingerprint density at radius 2 is 1.81 bits per heavy atom. The van der Waals surface area contributed by atoms with E-state index in [4.69, 9.17) is 4.74 Å². The number of rotatable bonds is 5. The second-order valence-electron chi connectivity index (χ2n) is 8.91. The number of piperidine rings is 1. The molecule has 2 N–H and O–H groups in total. The zero-order chi connectivity index (χ0) is 22.6. The first-order valence-corrected chi connectivity index (χ1v) is 10.7. The Hall–Kier alpha value is -2.87. The van der Waals surface area contributed by atoms with Gasteiger partial charge in [-0.05, 0) is 39.7 Å². The highest BCUT2D eigenvalue weighted by Gasteiger charge is 2.23. The Bertz CT molecular complexity index is 1000. The average molecular weight is 429 g/mol. The number of hydrogen-bond acceptors (Lipinski definition) is 5. The molecule has 2 aromatic rings. The lowest BCUT2D eigenvalue weighted by molar-refractivity contribution is 0.0478. The molecule has 0 radical (unpaired) electrons. The van der Waals surface area contributed by atoms with Crippen LogP contribution in [0.3, 0.4) is 0 Å². The van der Waals surface area contributed by atoms with Crippen molar-refractivity contribution in [3.05, 3.63) is 46.2 Å². The van der Waals surface area contributed by atoms with Crippen molar-refractivity contribution in [2.24, 2.45) is 0 Å². The second-order valence-corrected chi connectivity index (χ2v) is 8.91. The molecule has 3 rings (SSSR count). The Kier molecular flexibility index (Phi) is 7.00. The maximum Gasteiger partial charge on any atom is 0.407 e. The molecule has 8 nitrogen and oxygen atoms in total. The van der Waals surface area contributed by atoms with Crippen LogP contribution in [0.5, 0.6) is 0 Å². The monoisotopic (exact) mass is 428 g/mol. The van der Waals surface area contributed by atoms with E-state index in [2.05, 4.69) is 15.5 Å². The summed E-state index contributed by atoms with van der Waals surface area (Å²) in [5.41, 5.74) is 0.469. The maximum absolute atomic E-state index is 12.7. The zero-order valence-electron chi connectivity index (χ0n) is 18.7. The number of fused-ring (bicyclic) bond motifs is 1. The minimum Gasteiger partial charge on any atom is -0.444 e. The topological polar surface area (TPSA) is 92.7 Å². The van der Waals surface area contributed by atoms with Crippen LogP contribution in [0.2, 0.25) is 0 Å². The first kappa shape index (κ1) is 22.8. The summed E-state index contributed by atoms with van der Waals surface area (Å²) in [4.78, 5) is 39.2. The number of ether oxygens (including phenoxy) is 1. The summed E-state index contributed by atoms with van der Waals surface area (Å²) in [7, 11) is 1.56. The molecule has 1 saturated heterocycles. The molecule has 1 aromatic carbocycles. The number of nitrogens with one attached hydrogen (secondary N) is 2. The van der Waals surface area contributed by atoms with Crippen LogP contribution >= 0.6 is 0 Å². The van der Waals surface area contributed by atoms with Crippen molar-refractivity contribution < 1.29 is 14.3 Å². The molecule has 2 heterocycles. The van der Waals surface area contributed by atoms with E-state index in [0.717, 1.165) is 43.4 Å². The SMILES string of the molecule is CNC(=O)c1cc(=O)n(CCN2CCC(NC(=O)OC(C)(C)C)CC2)c2ccccc12. The number of carbonyl (C=O) groups is 2. The molecule has 1 aliphatic heterocycles. The van der Waals surface area contributed by atoms with Crippen LogP contribution in [0.25, 0.3) is 10.9 Å². The number of carbonyl (C=O) groups excluding carboxylic acids is 2. The largest absolute Gasteiger partial charge is 0.444 e. The molecule has 1 aromatic heterocycles. The molecular formula is C23H32N4O4. The van der Waals surface area contributed by atoms with Crippen LogP contribution in [0.15, 0.2) is 35.1 Å². The molecule has 0 aliphatic carbocycles. The number of aromatic nitrogens is 1. The molecule has 8 heteroatoms. The third kappa shape index (κ3) is 5.85. The predicted octanol–water partition coefficient (Wildman–Crippen LogP) is 2.35. The third-order valence-corrected chi connectivity index (χ3v) is 5.44.